The van der Waals surface area contributed by atoms with Crippen molar-refractivity contribution in [3.8, 4) is 17.2 Å². The molecule has 1 aliphatic rings. The van der Waals surface area contributed by atoms with Crippen molar-refractivity contribution in [1.29, 1.82) is 0 Å². The number of carbonyl (C=O) groups excluding carboxylic acids is 3. The molecule has 0 saturated carbocycles. The summed E-state index contributed by atoms with van der Waals surface area (Å²) in [5.41, 5.74) is 1.26. The molecular weight excluding hydrogens is 400 g/mol. The van der Waals surface area contributed by atoms with Gasteiger partial charge < -0.3 is 18.9 Å². The van der Waals surface area contributed by atoms with E-state index < -0.39 is 11.9 Å². The van der Waals surface area contributed by atoms with Crippen LogP contribution in [0.4, 0.5) is 0 Å². The maximum Gasteiger partial charge on any atom is 0.322 e. The van der Waals surface area contributed by atoms with Gasteiger partial charge >= 0.3 is 11.9 Å². The van der Waals surface area contributed by atoms with Crippen molar-refractivity contribution in [2.45, 2.75) is 38.7 Å². The molecule has 7 heteroatoms. The molecule has 1 unspecified atom stereocenters. The summed E-state index contributed by atoms with van der Waals surface area (Å²) in [5.74, 6) is -0.978. The Morgan fingerprint density at radius 3 is 2.39 bits per heavy atom. The van der Waals surface area contributed by atoms with Crippen LogP contribution in [0, 0.1) is 5.92 Å². The molecule has 0 saturated heterocycles. The van der Waals surface area contributed by atoms with Crippen LogP contribution in [0.25, 0.3) is 0 Å². The minimum atomic E-state index is -0.851. The Morgan fingerprint density at radius 1 is 0.968 bits per heavy atom. The predicted molar refractivity (Wildman–Crippen MR) is 112 cm³/mol. The number of methoxy groups -OCH3 is 2. The standard InChI is InChI=1S/C24H26O7/c1-28-20-13-18-19(14-21(20)29-2)31-24(27)17(23(18)26)11-7-4-8-12-22(25)30-15-16-9-5-3-6-10-16/h3,5-6,9-10,13-14,17H,4,7-8,11-12,15H2,1-2H3. The van der Waals surface area contributed by atoms with Crippen molar-refractivity contribution in [3.63, 3.8) is 0 Å². The van der Waals surface area contributed by atoms with E-state index in [1.54, 1.807) is 6.07 Å². The highest BCUT2D eigenvalue weighted by molar-refractivity contribution is 6.13. The van der Waals surface area contributed by atoms with E-state index in [2.05, 4.69) is 0 Å². The van der Waals surface area contributed by atoms with E-state index in [0.29, 0.717) is 49.2 Å². The van der Waals surface area contributed by atoms with E-state index >= 15 is 0 Å². The van der Waals surface area contributed by atoms with Crippen LogP contribution in [0.3, 0.4) is 0 Å². The SMILES string of the molecule is COc1cc2c(cc1OC)C(=O)C(CCCCCC(=O)OCc1ccccc1)C(=O)O2. The first kappa shape index (κ1) is 22.3. The van der Waals surface area contributed by atoms with Crippen LogP contribution in [0.5, 0.6) is 17.2 Å². The van der Waals surface area contributed by atoms with Crippen LogP contribution in [0.15, 0.2) is 42.5 Å². The lowest BCUT2D eigenvalue weighted by atomic mass is 9.89. The highest BCUT2D eigenvalue weighted by Gasteiger charge is 2.37. The number of unbranched alkanes of at least 4 members (excludes halogenated alkanes) is 2. The molecule has 0 spiro atoms. The maximum absolute atomic E-state index is 12.8. The van der Waals surface area contributed by atoms with Gasteiger partial charge in [-0.3, -0.25) is 14.4 Å². The van der Waals surface area contributed by atoms with Gasteiger partial charge in [0.2, 0.25) is 0 Å². The largest absolute Gasteiger partial charge is 0.493 e. The number of benzene rings is 2. The summed E-state index contributed by atoms with van der Waals surface area (Å²) in [4.78, 5) is 37.0. The third-order valence-corrected chi connectivity index (χ3v) is 5.18. The molecule has 3 rings (SSSR count). The van der Waals surface area contributed by atoms with Gasteiger partial charge in [-0.2, -0.15) is 0 Å². The first-order chi connectivity index (χ1) is 15.0. The number of hydrogen-bond donors (Lipinski definition) is 0. The van der Waals surface area contributed by atoms with E-state index in [9.17, 15) is 14.4 Å². The first-order valence-electron chi connectivity index (χ1n) is 10.2. The molecule has 0 N–H and O–H groups in total. The van der Waals surface area contributed by atoms with E-state index in [1.807, 2.05) is 30.3 Å². The van der Waals surface area contributed by atoms with Crippen LogP contribution in [-0.4, -0.2) is 31.9 Å². The molecule has 2 aromatic carbocycles. The summed E-state index contributed by atoms with van der Waals surface area (Å²) >= 11 is 0. The fourth-order valence-electron chi connectivity index (χ4n) is 3.47. The summed E-state index contributed by atoms with van der Waals surface area (Å²) < 4.78 is 21.0. The number of rotatable bonds is 10. The fraction of sp³-hybridized carbons (Fsp3) is 0.375. The summed E-state index contributed by atoms with van der Waals surface area (Å²) in [6.45, 7) is 0.260. The Bertz CT molecular complexity index is 936. The molecule has 0 aliphatic carbocycles. The Labute approximate surface area is 181 Å². The van der Waals surface area contributed by atoms with Gasteiger partial charge in [-0.05, 0) is 24.5 Å². The Kier molecular flexibility index (Phi) is 7.65. The van der Waals surface area contributed by atoms with Gasteiger partial charge in [0, 0.05) is 12.5 Å². The number of Topliss-reactive ketones (excluding diaryl/α,β-unsaturated/α-hetero) is 1. The molecule has 0 aromatic heterocycles. The average Bonchev–Trinajstić information content (AvgIpc) is 2.79. The zero-order chi connectivity index (χ0) is 22.2. The average molecular weight is 426 g/mol. The second kappa shape index (κ2) is 10.6. The molecule has 0 radical (unpaired) electrons. The van der Waals surface area contributed by atoms with Gasteiger partial charge in [0.15, 0.2) is 17.3 Å². The zero-order valence-electron chi connectivity index (χ0n) is 17.7. The van der Waals surface area contributed by atoms with Gasteiger partial charge in [0.1, 0.15) is 18.3 Å². The van der Waals surface area contributed by atoms with Crippen molar-refractivity contribution in [3.05, 3.63) is 53.6 Å². The quantitative estimate of drug-likeness (QED) is 0.244. The van der Waals surface area contributed by atoms with Gasteiger partial charge in [-0.15, -0.1) is 0 Å². The lowest BCUT2D eigenvalue weighted by Gasteiger charge is -2.23. The molecule has 31 heavy (non-hydrogen) atoms. The molecule has 0 fully saturated rings. The number of carbonyl (C=O) groups is 3. The fourth-order valence-corrected chi connectivity index (χ4v) is 3.47. The second-order valence-corrected chi connectivity index (χ2v) is 7.29. The molecule has 1 aliphatic heterocycles. The minimum absolute atomic E-state index is 0.185. The molecule has 7 nitrogen and oxygen atoms in total. The number of hydrogen-bond acceptors (Lipinski definition) is 7. The summed E-state index contributed by atoms with van der Waals surface area (Å²) in [5, 5.41) is 0. The van der Waals surface area contributed by atoms with E-state index in [-0.39, 0.29) is 24.1 Å². The lowest BCUT2D eigenvalue weighted by Crippen LogP contribution is -2.33. The van der Waals surface area contributed by atoms with Crippen molar-refractivity contribution in [2.75, 3.05) is 14.2 Å². The third-order valence-electron chi connectivity index (χ3n) is 5.18. The van der Waals surface area contributed by atoms with Crippen LogP contribution in [0.1, 0.15) is 48.0 Å². The topological polar surface area (TPSA) is 88.1 Å². The first-order valence-corrected chi connectivity index (χ1v) is 10.2. The Balaban J connectivity index is 1.45. The molecule has 1 heterocycles. The van der Waals surface area contributed by atoms with Gasteiger partial charge in [0.25, 0.3) is 0 Å². The Hall–Kier alpha value is -3.35. The zero-order valence-corrected chi connectivity index (χ0v) is 17.7. The summed E-state index contributed by atoms with van der Waals surface area (Å²) in [6, 6.07) is 12.5. The molecule has 164 valence electrons. The number of ketones is 1. The normalized spacial score (nSPS) is 15.1. The van der Waals surface area contributed by atoms with E-state index in [0.717, 1.165) is 5.56 Å². The molecule has 0 bridgehead atoms. The molecule has 0 amide bonds. The predicted octanol–water partition coefficient (Wildman–Crippen LogP) is 4.12. The number of fused-ring (bicyclic) bond motifs is 1. The monoisotopic (exact) mass is 426 g/mol. The van der Waals surface area contributed by atoms with Crippen LogP contribution < -0.4 is 14.2 Å². The van der Waals surface area contributed by atoms with Crippen molar-refractivity contribution < 1.29 is 33.3 Å². The lowest BCUT2D eigenvalue weighted by molar-refractivity contribution is -0.145. The van der Waals surface area contributed by atoms with Crippen LogP contribution in [0.2, 0.25) is 0 Å². The molecule has 2 aromatic rings. The molecule has 1 atom stereocenters. The maximum atomic E-state index is 12.8. The van der Waals surface area contributed by atoms with Gasteiger partial charge in [-0.25, -0.2) is 0 Å². The molecular formula is C24H26O7. The number of esters is 2. The smallest absolute Gasteiger partial charge is 0.322 e. The summed E-state index contributed by atoms with van der Waals surface area (Å²) in [7, 11) is 2.95. The van der Waals surface area contributed by atoms with Gasteiger partial charge in [0.05, 0.1) is 19.8 Å². The van der Waals surface area contributed by atoms with E-state index in [1.165, 1.54) is 20.3 Å². The third kappa shape index (κ3) is 5.63. The minimum Gasteiger partial charge on any atom is -0.493 e. The highest BCUT2D eigenvalue weighted by atomic mass is 16.5. The van der Waals surface area contributed by atoms with E-state index in [4.69, 9.17) is 18.9 Å². The van der Waals surface area contributed by atoms with Crippen molar-refractivity contribution >= 4 is 17.7 Å². The van der Waals surface area contributed by atoms with Crippen LogP contribution in [-0.2, 0) is 20.9 Å². The van der Waals surface area contributed by atoms with Gasteiger partial charge in [-0.1, -0.05) is 43.2 Å². The Morgan fingerprint density at radius 2 is 1.68 bits per heavy atom. The van der Waals surface area contributed by atoms with Crippen molar-refractivity contribution in [2.24, 2.45) is 5.92 Å². The van der Waals surface area contributed by atoms with Crippen LogP contribution >= 0.6 is 0 Å². The van der Waals surface area contributed by atoms with Crippen molar-refractivity contribution in [1.82, 2.24) is 0 Å². The number of ether oxygens (including phenoxy) is 4. The second-order valence-electron chi connectivity index (χ2n) is 7.29. The highest BCUT2D eigenvalue weighted by Crippen LogP contribution is 2.39. The summed E-state index contributed by atoms with van der Waals surface area (Å²) in [6.07, 6.45) is 2.63.